The highest BCUT2D eigenvalue weighted by atomic mass is 35.5. The summed E-state index contributed by atoms with van der Waals surface area (Å²) in [4.78, 5) is 34.9. The summed E-state index contributed by atoms with van der Waals surface area (Å²) in [5, 5.41) is 33.8. The Labute approximate surface area is 186 Å². The molecule has 0 aromatic heterocycles. The van der Waals surface area contributed by atoms with Crippen LogP contribution in [0.3, 0.4) is 0 Å². The van der Waals surface area contributed by atoms with Crippen LogP contribution >= 0.6 is 11.6 Å². The molecule has 4 aliphatic carbocycles. The smallest absolute Gasteiger partial charge is 0.303 e. The molecule has 4 aliphatic rings. The maximum absolute atomic E-state index is 13.0. The Balaban J connectivity index is 1.76. The molecule has 0 spiro atoms. The topological polar surface area (TPSA) is 121 Å². The van der Waals surface area contributed by atoms with E-state index in [-0.39, 0.29) is 30.5 Å². The molecule has 0 aromatic carbocycles. The van der Waals surface area contributed by atoms with Crippen molar-refractivity contribution in [3.05, 3.63) is 23.8 Å². The highest BCUT2D eigenvalue weighted by Gasteiger charge is 2.75. The standard InChI is InChI=1S/C23H29ClO7/c1-12(25)31-11-19(29)23(30)17(27)9-16-15-5-4-13-8-14(26)6-7-20(13,2)22(15,24)18(28)10-21(16,23)3/h6-8,15-18,27-28,30H,4-5,9-11H2,1-3H3/t15?,16?,17-,18+,20+,21+,22?,23+/m1/s1. The number of hydrogen-bond donors (Lipinski definition) is 3. The third-order valence-electron chi connectivity index (χ3n) is 8.69. The van der Waals surface area contributed by atoms with Crippen LogP contribution in [0.4, 0.5) is 0 Å². The SMILES string of the molecule is CC(=O)OCC(=O)[C@@]1(O)[C@H](O)CC2C3CCC4=CC(=O)C=C[C@]4(C)C3(Cl)[C@@H](O)C[C@@]21C. The molecule has 0 bridgehead atoms. The number of esters is 1. The van der Waals surface area contributed by atoms with Crippen molar-refractivity contribution in [2.75, 3.05) is 6.61 Å². The van der Waals surface area contributed by atoms with Crippen LogP contribution in [-0.4, -0.2) is 62.1 Å². The summed E-state index contributed by atoms with van der Waals surface area (Å²) < 4.78 is 4.81. The number of rotatable bonds is 3. The third kappa shape index (κ3) is 2.73. The molecule has 3 fully saturated rings. The fraction of sp³-hybridized carbons (Fsp3) is 0.696. The molecule has 0 heterocycles. The van der Waals surface area contributed by atoms with Crippen molar-refractivity contribution in [1.29, 1.82) is 0 Å². The van der Waals surface area contributed by atoms with Gasteiger partial charge >= 0.3 is 5.97 Å². The van der Waals surface area contributed by atoms with Crippen LogP contribution < -0.4 is 0 Å². The first-order chi connectivity index (χ1) is 14.3. The molecular formula is C23H29ClO7. The monoisotopic (exact) mass is 452 g/mol. The first-order valence-electron chi connectivity index (χ1n) is 10.7. The van der Waals surface area contributed by atoms with Crippen LogP contribution in [0.5, 0.6) is 0 Å². The minimum atomic E-state index is -2.16. The van der Waals surface area contributed by atoms with Gasteiger partial charge in [0.2, 0.25) is 5.78 Å². The summed E-state index contributed by atoms with van der Waals surface area (Å²) in [7, 11) is 0. The molecule has 8 heteroatoms. The van der Waals surface area contributed by atoms with E-state index in [1.54, 1.807) is 19.1 Å². The number of Topliss-reactive ketones (excluding diaryl/α,β-unsaturated/α-hetero) is 1. The van der Waals surface area contributed by atoms with Gasteiger partial charge in [-0.05, 0) is 49.7 Å². The Bertz CT molecular complexity index is 912. The molecule has 7 nitrogen and oxygen atoms in total. The summed E-state index contributed by atoms with van der Waals surface area (Å²) in [6.07, 6.45) is 3.63. The van der Waals surface area contributed by atoms with Gasteiger partial charge in [-0.3, -0.25) is 14.4 Å². The van der Waals surface area contributed by atoms with Gasteiger partial charge < -0.3 is 20.1 Å². The fourth-order valence-corrected chi connectivity index (χ4v) is 7.53. The van der Waals surface area contributed by atoms with E-state index in [2.05, 4.69) is 0 Å². The number of aliphatic hydroxyl groups excluding tert-OH is 2. The Morgan fingerprint density at radius 1 is 1.23 bits per heavy atom. The van der Waals surface area contributed by atoms with Crippen molar-refractivity contribution in [3.8, 4) is 0 Å². The second kappa shape index (κ2) is 6.98. The Hall–Kier alpha value is -1.54. The molecule has 0 saturated heterocycles. The molecule has 3 unspecified atom stereocenters. The first-order valence-corrected chi connectivity index (χ1v) is 11.1. The van der Waals surface area contributed by atoms with Crippen molar-refractivity contribution in [2.45, 2.75) is 69.1 Å². The molecule has 0 amide bonds. The van der Waals surface area contributed by atoms with Gasteiger partial charge in [0.25, 0.3) is 0 Å². The number of fused-ring (bicyclic) bond motifs is 5. The molecule has 3 saturated carbocycles. The number of hydrogen-bond acceptors (Lipinski definition) is 7. The molecule has 4 rings (SSSR count). The highest BCUT2D eigenvalue weighted by Crippen LogP contribution is 2.70. The van der Waals surface area contributed by atoms with Gasteiger partial charge in [0, 0.05) is 17.8 Å². The summed E-state index contributed by atoms with van der Waals surface area (Å²) in [6.45, 7) is 4.13. The van der Waals surface area contributed by atoms with Gasteiger partial charge in [-0.2, -0.15) is 0 Å². The lowest BCUT2D eigenvalue weighted by atomic mass is 9.45. The van der Waals surface area contributed by atoms with Crippen LogP contribution in [0.2, 0.25) is 0 Å². The van der Waals surface area contributed by atoms with Crippen LogP contribution in [0.15, 0.2) is 23.8 Å². The number of ether oxygens (including phenoxy) is 1. The zero-order chi connectivity index (χ0) is 23.0. The summed E-state index contributed by atoms with van der Waals surface area (Å²) in [5.41, 5.74) is -3.22. The predicted octanol–water partition coefficient (Wildman–Crippen LogP) is 1.46. The number of aliphatic hydroxyl groups is 3. The molecule has 3 N–H and O–H groups in total. The molecule has 0 radical (unpaired) electrons. The van der Waals surface area contributed by atoms with E-state index in [1.807, 2.05) is 6.92 Å². The number of ketones is 2. The van der Waals surface area contributed by atoms with Crippen LogP contribution in [0, 0.1) is 22.7 Å². The van der Waals surface area contributed by atoms with Crippen molar-refractivity contribution in [3.63, 3.8) is 0 Å². The predicted molar refractivity (Wildman–Crippen MR) is 111 cm³/mol. The Morgan fingerprint density at radius 3 is 2.55 bits per heavy atom. The van der Waals surface area contributed by atoms with Crippen molar-refractivity contribution < 1.29 is 34.4 Å². The number of carbonyl (C=O) groups is 3. The lowest BCUT2D eigenvalue weighted by Crippen LogP contribution is -2.69. The quantitative estimate of drug-likeness (QED) is 0.437. The van der Waals surface area contributed by atoms with Crippen molar-refractivity contribution in [2.24, 2.45) is 22.7 Å². The molecular weight excluding hydrogens is 424 g/mol. The van der Waals surface area contributed by atoms with Gasteiger partial charge in [0.05, 0.1) is 17.1 Å². The number of carbonyl (C=O) groups excluding carboxylic acids is 3. The first kappa shape index (κ1) is 22.6. The average Bonchev–Trinajstić information content (AvgIpc) is 2.89. The Morgan fingerprint density at radius 2 is 1.90 bits per heavy atom. The maximum Gasteiger partial charge on any atom is 0.303 e. The van der Waals surface area contributed by atoms with Crippen molar-refractivity contribution in [1.82, 2.24) is 0 Å². The Kier molecular flexibility index (Phi) is 5.10. The second-order valence-corrected chi connectivity index (χ2v) is 10.6. The lowest BCUT2D eigenvalue weighted by Gasteiger charge is -2.63. The lowest BCUT2D eigenvalue weighted by molar-refractivity contribution is -0.188. The summed E-state index contributed by atoms with van der Waals surface area (Å²) >= 11 is 7.27. The molecule has 170 valence electrons. The third-order valence-corrected chi connectivity index (χ3v) is 9.62. The molecule has 0 aromatic rings. The van der Waals surface area contributed by atoms with E-state index in [0.29, 0.717) is 12.8 Å². The van der Waals surface area contributed by atoms with Crippen LogP contribution in [-0.2, 0) is 19.1 Å². The van der Waals surface area contributed by atoms with Gasteiger partial charge in [0.1, 0.15) is 0 Å². The van der Waals surface area contributed by atoms with Crippen molar-refractivity contribution >= 4 is 29.1 Å². The van der Waals surface area contributed by atoms with Crippen LogP contribution in [0.1, 0.15) is 46.5 Å². The van der Waals surface area contributed by atoms with E-state index in [9.17, 15) is 29.7 Å². The average molecular weight is 453 g/mol. The zero-order valence-electron chi connectivity index (χ0n) is 17.9. The van der Waals surface area contributed by atoms with E-state index in [4.69, 9.17) is 16.3 Å². The molecule has 0 aliphatic heterocycles. The number of allylic oxidation sites excluding steroid dienone is 4. The highest BCUT2D eigenvalue weighted by molar-refractivity contribution is 6.26. The molecule has 8 atom stereocenters. The summed E-state index contributed by atoms with van der Waals surface area (Å²) in [6, 6.07) is 0. The van der Waals surface area contributed by atoms with E-state index < -0.39 is 51.9 Å². The van der Waals surface area contributed by atoms with Gasteiger partial charge in [-0.15, -0.1) is 11.6 Å². The van der Waals surface area contributed by atoms with E-state index in [0.717, 1.165) is 12.5 Å². The van der Waals surface area contributed by atoms with Gasteiger partial charge in [-0.1, -0.05) is 25.5 Å². The van der Waals surface area contributed by atoms with Gasteiger partial charge in [0.15, 0.2) is 18.0 Å². The van der Waals surface area contributed by atoms with Crippen LogP contribution in [0.25, 0.3) is 0 Å². The normalized spacial score (nSPS) is 48.4. The zero-order valence-corrected chi connectivity index (χ0v) is 18.7. The largest absolute Gasteiger partial charge is 0.458 e. The van der Waals surface area contributed by atoms with Gasteiger partial charge in [-0.25, -0.2) is 0 Å². The molecule has 31 heavy (non-hydrogen) atoms. The minimum absolute atomic E-state index is 0.0122. The minimum Gasteiger partial charge on any atom is -0.458 e. The second-order valence-electron chi connectivity index (χ2n) is 9.99. The fourth-order valence-electron chi connectivity index (χ4n) is 7.01. The maximum atomic E-state index is 13.0. The summed E-state index contributed by atoms with van der Waals surface area (Å²) in [5.74, 6) is -2.21. The van der Waals surface area contributed by atoms with E-state index >= 15 is 0 Å². The van der Waals surface area contributed by atoms with E-state index in [1.165, 1.54) is 6.08 Å². The number of halogens is 1. The number of alkyl halides is 1.